The Balaban J connectivity index is 1.68. The number of hydrogen-bond donors (Lipinski definition) is 0. The van der Waals surface area contributed by atoms with Gasteiger partial charge in [0, 0.05) is 24.6 Å². The summed E-state index contributed by atoms with van der Waals surface area (Å²) in [7, 11) is 3.25. The number of hydrogen-bond acceptors (Lipinski definition) is 6. The Bertz CT molecular complexity index is 973. The second-order valence-electron chi connectivity index (χ2n) is 6.71. The van der Waals surface area contributed by atoms with Crippen LogP contribution in [0.5, 0.6) is 11.5 Å². The highest BCUT2D eigenvalue weighted by Crippen LogP contribution is 2.27. The van der Waals surface area contributed by atoms with Crippen molar-refractivity contribution in [3.63, 3.8) is 0 Å². The van der Waals surface area contributed by atoms with Gasteiger partial charge in [-0.2, -0.15) is 0 Å². The summed E-state index contributed by atoms with van der Waals surface area (Å²) in [6, 6.07) is 15.1. The lowest BCUT2D eigenvalue weighted by Crippen LogP contribution is -2.34. The number of amides is 1. The van der Waals surface area contributed by atoms with E-state index >= 15 is 0 Å². The molecule has 2 aromatic carbocycles. The molecule has 0 bridgehead atoms. The fourth-order valence-corrected chi connectivity index (χ4v) is 3.69. The van der Waals surface area contributed by atoms with Crippen molar-refractivity contribution in [3.8, 4) is 11.5 Å². The number of nitrogens with zero attached hydrogens (tertiary/aromatic N) is 2. The topological polar surface area (TPSA) is 60.9 Å². The first-order valence-corrected chi connectivity index (χ1v) is 10.5. The van der Waals surface area contributed by atoms with Crippen molar-refractivity contribution in [1.29, 1.82) is 0 Å². The van der Waals surface area contributed by atoms with E-state index in [2.05, 4.69) is 4.98 Å². The van der Waals surface area contributed by atoms with Crippen LogP contribution < -0.4 is 9.47 Å². The first-order chi connectivity index (χ1) is 14.6. The second-order valence-corrected chi connectivity index (χ2v) is 7.65. The number of methoxy groups -OCH3 is 2. The number of para-hydroxylation sites is 2. The zero-order chi connectivity index (χ0) is 21.3. The highest BCUT2D eigenvalue weighted by molar-refractivity contribution is 7.09. The number of aryl methyl sites for hydroxylation is 1. The van der Waals surface area contributed by atoms with Gasteiger partial charge in [-0.15, -0.1) is 11.3 Å². The predicted molar refractivity (Wildman–Crippen MR) is 117 cm³/mol. The van der Waals surface area contributed by atoms with E-state index in [0.717, 1.165) is 16.3 Å². The third-order valence-electron chi connectivity index (χ3n) is 4.60. The minimum atomic E-state index is -0.0232. The van der Waals surface area contributed by atoms with E-state index in [-0.39, 0.29) is 5.91 Å². The van der Waals surface area contributed by atoms with Crippen LogP contribution in [0.15, 0.2) is 53.9 Å². The molecule has 0 aliphatic rings. The lowest BCUT2D eigenvalue weighted by atomic mass is 10.1. The van der Waals surface area contributed by atoms with Crippen molar-refractivity contribution in [2.24, 2.45) is 0 Å². The van der Waals surface area contributed by atoms with Crippen molar-refractivity contribution < 1.29 is 19.0 Å². The Labute approximate surface area is 181 Å². The Morgan fingerprint density at radius 3 is 2.53 bits per heavy atom. The summed E-state index contributed by atoms with van der Waals surface area (Å²) < 4.78 is 16.4. The predicted octanol–water partition coefficient (Wildman–Crippen LogP) is 4.33. The molecule has 1 aromatic heterocycles. The molecule has 0 radical (unpaired) electrons. The maximum atomic E-state index is 13.1. The molecule has 30 heavy (non-hydrogen) atoms. The quantitative estimate of drug-likeness (QED) is 0.483. The van der Waals surface area contributed by atoms with Gasteiger partial charge in [0.15, 0.2) is 11.5 Å². The fourth-order valence-electron chi connectivity index (χ4n) is 3.00. The van der Waals surface area contributed by atoms with Gasteiger partial charge in [-0.05, 0) is 30.7 Å². The van der Waals surface area contributed by atoms with E-state index in [1.807, 2.05) is 60.8 Å². The summed E-state index contributed by atoms with van der Waals surface area (Å²) in [4.78, 5) is 19.5. The number of aromatic nitrogens is 1. The molecule has 7 heteroatoms. The number of ether oxygens (including phenoxy) is 3. The van der Waals surface area contributed by atoms with Gasteiger partial charge in [-0.3, -0.25) is 4.79 Å². The molecule has 0 atom stereocenters. The zero-order valence-corrected chi connectivity index (χ0v) is 18.3. The maximum Gasteiger partial charge on any atom is 0.254 e. The third-order valence-corrected chi connectivity index (χ3v) is 5.47. The third kappa shape index (κ3) is 5.58. The van der Waals surface area contributed by atoms with Crippen LogP contribution in [0.4, 0.5) is 0 Å². The monoisotopic (exact) mass is 426 g/mol. The van der Waals surface area contributed by atoms with Gasteiger partial charge in [-0.25, -0.2) is 4.98 Å². The second kappa shape index (κ2) is 10.8. The van der Waals surface area contributed by atoms with Gasteiger partial charge < -0.3 is 19.1 Å². The Morgan fingerprint density at radius 2 is 1.80 bits per heavy atom. The summed E-state index contributed by atoms with van der Waals surface area (Å²) in [6.07, 6.45) is 0. The van der Waals surface area contributed by atoms with Crippen molar-refractivity contribution >= 4 is 17.2 Å². The summed E-state index contributed by atoms with van der Waals surface area (Å²) >= 11 is 1.51. The van der Waals surface area contributed by atoms with Gasteiger partial charge in [0.05, 0.1) is 26.0 Å². The van der Waals surface area contributed by atoms with Crippen LogP contribution in [-0.4, -0.2) is 43.2 Å². The number of carbonyl (C=O) groups is 1. The molecule has 0 saturated heterocycles. The highest BCUT2D eigenvalue weighted by atomic mass is 32.1. The van der Waals surface area contributed by atoms with Crippen LogP contribution in [-0.2, 0) is 17.9 Å². The molecule has 0 aliphatic carbocycles. The van der Waals surface area contributed by atoms with E-state index in [4.69, 9.17) is 14.2 Å². The van der Waals surface area contributed by atoms with Gasteiger partial charge in [0.25, 0.3) is 5.91 Å². The molecule has 3 aromatic rings. The van der Waals surface area contributed by atoms with Gasteiger partial charge in [0.1, 0.15) is 11.6 Å². The highest BCUT2D eigenvalue weighted by Gasteiger charge is 2.19. The standard InChI is InChI=1S/C23H26N2O4S/c1-17-8-4-5-9-19(17)23(26)25(12-13-27-2)14-18-16-30-22(24-18)15-29-21-11-7-6-10-20(21)28-3/h4-11,16H,12-15H2,1-3H3. The van der Waals surface area contributed by atoms with Gasteiger partial charge in [0.2, 0.25) is 0 Å². The average molecular weight is 427 g/mol. The number of carbonyl (C=O) groups excluding carboxylic acids is 1. The molecule has 0 fully saturated rings. The van der Waals surface area contributed by atoms with Gasteiger partial charge >= 0.3 is 0 Å². The lowest BCUT2D eigenvalue weighted by molar-refractivity contribution is 0.0677. The summed E-state index contributed by atoms with van der Waals surface area (Å²) in [5.74, 6) is 1.34. The molecule has 6 nitrogen and oxygen atoms in total. The molecule has 1 amide bonds. The molecule has 158 valence electrons. The minimum absolute atomic E-state index is 0.0232. The average Bonchev–Trinajstić information content (AvgIpc) is 3.22. The fraction of sp³-hybridized carbons (Fsp3) is 0.304. The molecule has 0 spiro atoms. The SMILES string of the molecule is COCCN(Cc1csc(COc2ccccc2OC)n1)C(=O)c1ccccc1C. The Kier molecular flexibility index (Phi) is 7.82. The number of benzene rings is 2. The first kappa shape index (κ1) is 21.8. The Hall–Kier alpha value is -2.90. The van der Waals surface area contributed by atoms with E-state index in [1.54, 1.807) is 19.1 Å². The van der Waals surface area contributed by atoms with Crippen LogP contribution >= 0.6 is 11.3 Å². The molecule has 0 unspecified atom stereocenters. The largest absolute Gasteiger partial charge is 0.493 e. The van der Waals surface area contributed by atoms with E-state index in [0.29, 0.717) is 43.4 Å². The lowest BCUT2D eigenvalue weighted by Gasteiger charge is -2.22. The van der Waals surface area contributed by atoms with Crippen molar-refractivity contribution in [2.45, 2.75) is 20.1 Å². The van der Waals surface area contributed by atoms with Crippen LogP contribution in [0.2, 0.25) is 0 Å². The van der Waals surface area contributed by atoms with Crippen molar-refractivity contribution in [1.82, 2.24) is 9.88 Å². The summed E-state index contributed by atoms with van der Waals surface area (Å²) in [5, 5.41) is 2.80. The molecule has 0 N–H and O–H groups in total. The summed E-state index contributed by atoms with van der Waals surface area (Å²) in [5.41, 5.74) is 2.48. The number of rotatable bonds is 10. The smallest absolute Gasteiger partial charge is 0.254 e. The molecular weight excluding hydrogens is 400 g/mol. The van der Waals surface area contributed by atoms with Crippen LogP contribution in [0.25, 0.3) is 0 Å². The van der Waals surface area contributed by atoms with Crippen molar-refractivity contribution in [3.05, 3.63) is 75.7 Å². The molecule has 0 saturated carbocycles. The summed E-state index contributed by atoms with van der Waals surface area (Å²) in [6.45, 7) is 3.66. The molecule has 1 heterocycles. The zero-order valence-electron chi connectivity index (χ0n) is 17.5. The van der Waals surface area contributed by atoms with Crippen LogP contribution in [0, 0.1) is 6.92 Å². The van der Waals surface area contributed by atoms with Crippen molar-refractivity contribution in [2.75, 3.05) is 27.4 Å². The Morgan fingerprint density at radius 1 is 1.07 bits per heavy atom. The first-order valence-electron chi connectivity index (χ1n) is 9.65. The molecule has 3 rings (SSSR count). The van der Waals surface area contributed by atoms with Gasteiger partial charge in [-0.1, -0.05) is 30.3 Å². The van der Waals surface area contributed by atoms with Crippen LogP contribution in [0.1, 0.15) is 26.6 Å². The van der Waals surface area contributed by atoms with Crippen LogP contribution in [0.3, 0.4) is 0 Å². The molecule has 0 aliphatic heterocycles. The minimum Gasteiger partial charge on any atom is -0.493 e. The molecular formula is C23H26N2O4S. The van der Waals surface area contributed by atoms with E-state index in [1.165, 1.54) is 11.3 Å². The normalized spacial score (nSPS) is 10.6. The maximum absolute atomic E-state index is 13.1. The number of thiazole rings is 1. The van der Waals surface area contributed by atoms with E-state index < -0.39 is 0 Å². The van der Waals surface area contributed by atoms with E-state index in [9.17, 15) is 4.79 Å².